The fourth-order valence-electron chi connectivity index (χ4n) is 3.59. The van der Waals surface area contributed by atoms with Crippen molar-refractivity contribution in [1.29, 1.82) is 0 Å². The summed E-state index contributed by atoms with van der Waals surface area (Å²) in [6.07, 6.45) is 0.848. The van der Waals surface area contributed by atoms with E-state index in [1.54, 1.807) is 25.3 Å². The van der Waals surface area contributed by atoms with Gasteiger partial charge in [-0.2, -0.15) is 0 Å². The van der Waals surface area contributed by atoms with Gasteiger partial charge in [0.1, 0.15) is 24.4 Å². The summed E-state index contributed by atoms with van der Waals surface area (Å²) in [7, 11) is 1.55. The molecule has 1 aliphatic heterocycles. The second-order valence-electron chi connectivity index (χ2n) is 7.41. The third-order valence-electron chi connectivity index (χ3n) is 5.23. The number of nitrogens with zero attached hydrogens (tertiary/aromatic N) is 1. The summed E-state index contributed by atoms with van der Waals surface area (Å²) in [6, 6.07) is 14.9. The van der Waals surface area contributed by atoms with Crippen LogP contribution in [0.2, 0.25) is 0 Å². The number of nitrogens with one attached hydrogen (secondary N) is 1. The van der Waals surface area contributed by atoms with Crippen molar-refractivity contribution in [2.24, 2.45) is 5.73 Å². The van der Waals surface area contributed by atoms with Crippen LogP contribution in [-0.2, 0) is 27.4 Å². The van der Waals surface area contributed by atoms with Gasteiger partial charge in [-0.05, 0) is 36.1 Å². The van der Waals surface area contributed by atoms with Crippen LogP contribution < -0.4 is 15.8 Å². The molecule has 1 fully saturated rings. The maximum atomic E-state index is 12.9. The van der Waals surface area contributed by atoms with E-state index in [0.29, 0.717) is 25.1 Å². The summed E-state index contributed by atoms with van der Waals surface area (Å²) in [6.45, 7) is 0.549. The zero-order chi connectivity index (χ0) is 22.2. The molecule has 1 aliphatic rings. The Morgan fingerprint density at radius 2 is 1.87 bits per heavy atom. The number of nitrogens with two attached hydrogens (primary N) is 1. The molecule has 0 unspecified atom stereocenters. The normalized spacial score (nSPS) is 16.4. The van der Waals surface area contributed by atoms with Gasteiger partial charge in [0.25, 0.3) is 0 Å². The van der Waals surface area contributed by atoms with Gasteiger partial charge in [0.15, 0.2) is 0 Å². The second-order valence-corrected chi connectivity index (χ2v) is 7.41. The van der Waals surface area contributed by atoms with Crippen LogP contribution in [0.25, 0.3) is 0 Å². The highest BCUT2D eigenvalue weighted by Crippen LogP contribution is 2.20. The van der Waals surface area contributed by atoms with E-state index in [9.17, 15) is 14.4 Å². The van der Waals surface area contributed by atoms with Crippen molar-refractivity contribution in [3.05, 3.63) is 65.7 Å². The molecule has 2 aromatic carbocycles. The predicted molar refractivity (Wildman–Crippen MR) is 114 cm³/mol. The minimum Gasteiger partial charge on any atom is -0.497 e. The molecule has 31 heavy (non-hydrogen) atoms. The molecule has 1 heterocycles. The van der Waals surface area contributed by atoms with Crippen LogP contribution in [0.5, 0.6) is 5.75 Å². The van der Waals surface area contributed by atoms with Crippen LogP contribution in [0.1, 0.15) is 24.0 Å². The van der Waals surface area contributed by atoms with Gasteiger partial charge in [0.05, 0.1) is 7.11 Å². The maximum Gasteiger partial charge on any atom is 0.410 e. The summed E-state index contributed by atoms with van der Waals surface area (Å²) in [4.78, 5) is 38.8. The van der Waals surface area contributed by atoms with Crippen LogP contribution in [0.15, 0.2) is 54.6 Å². The quantitative estimate of drug-likeness (QED) is 0.672. The van der Waals surface area contributed by atoms with Crippen LogP contribution in [0.3, 0.4) is 0 Å². The maximum absolute atomic E-state index is 12.9. The van der Waals surface area contributed by atoms with E-state index < -0.39 is 30.0 Å². The van der Waals surface area contributed by atoms with E-state index >= 15 is 0 Å². The third kappa shape index (κ3) is 5.97. The lowest BCUT2D eigenvalue weighted by Gasteiger charge is -2.25. The van der Waals surface area contributed by atoms with Crippen molar-refractivity contribution in [1.82, 2.24) is 10.2 Å². The first-order valence-corrected chi connectivity index (χ1v) is 10.2. The van der Waals surface area contributed by atoms with Crippen molar-refractivity contribution in [2.75, 3.05) is 13.7 Å². The highest BCUT2D eigenvalue weighted by Gasteiger charge is 2.36. The van der Waals surface area contributed by atoms with E-state index in [1.165, 1.54) is 4.90 Å². The SMILES string of the molecule is COc1cccc(C[C@H](NC(=O)[C@H]2CCCN2C(=O)OCc2ccccc2)C(N)=O)c1. The molecule has 3 N–H and O–H groups in total. The summed E-state index contributed by atoms with van der Waals surface area (Å²) in [5.74, 6) is -0.414. The summed E-state index contributed by atoms with van der Waals surface area (Å²) < 4.78 is 10.6. The molecule has 0 saturated carbocycles. The summed E-state index contributed by atoms with van der Waals surface area (Å²) in [5.41, 5.74) is 7.18. The molecule has 2 aromatic rings. The number of ether oxygens (including phenoxy) is 2. The summed E-state index contributed by atoms with van der Waals surface area (Å²) >= 11 is 0. The highest BCUT2D eigenvalue weighted by molar-refractivity contribution is 5.91. The molecular weight excluding hydrogens is 398 g/mol. The van der Waals surface area contributed by atoms with Crippen molar-refractivity contribution in [3.63, 3.8) is 0 Å². The molecule has 0 spiro atoms. The topological polar surface area (TPSA) is 111 Å². The number of amides is 3. The van der Waals surface area contributed by atoms with Gasteiger partial charge in [-0.15, -0.1) is 0 Å². The minimum atomic E-state index is -0.901. The van der Waals surface area contributed by atoms with Crippen LogP contribution in [-0.4, -0.2) is 48.5 Å². The Balaban J connectivity index is 1.61. The second kappa shape index (κ2) is 10.5. The van der Waals surface area contributed by atoms with E-state index in [-0.39, 0.29) is 13.0 Å². The van der Waals surface area contributed by atoms with E-state index in [1.807, 2.05) is 36.4 Å². The van der Waals surface area contributed by atoms with Gasteiger partial charge in [-0.3, -0.25) is 14.5 Å². The lowest BCUT2D eigenvalue weighted by Crippen LogP contribution is -2.53. The Morgan fingerprint density at radius 1 is 1.13 bits per heavy atom. The molecule has 0 radical (unpaired) electrons. The average molecular weight is 425 g/mol. The highest BCUT2D eigenvalue weighted by atomic mass is 16.6. The first-order valence-electron chi connectivity index (χ1n) is 10.2. The number of benzene rings is 2. The number of hydrogen-bond acceptors (Lipinski definition) is 5. The molecular formula is C23H27N3O5. The first-order chi connectivity index (χ1) is 15.0. The van der Waals surface area contributed by atoms with E-state index in [0.717, 1.165) is 11.1 Å². The fourth-order valence-corrected chi connectivity index (χ4v) is 3.59. The van der Waals surface area contributed by atoms with Gasteiger partial charge in [0.2, 0.25) is 11.8 Å². The van der Waals surface area contributed by atoms with Gasteiger partial charge < -0.3 is 20.5 Å². The zero-order valence-electron chi connectivity index (χ0n) is 17.5. The standard InChI is InChI=1S/C23H27N3O5/c1-30-18-10-5-9-17(13-18)14-19(21(24)27)25-22(28)20-11-6-12-26(20)23(29)31-15-16-7-3-2-4-8-16/h2-5,7-10,13,19-20H,6,11-12,14-15H2,1H3,(H2,24,27)(H,25,28)/t19-,20+/m0/s1. The molecule has 8 nitrogen and oxygen atoms in total. The number of likely N-dealkylation sites (tertiary alicyclic amines) is 1. The number of methoxy groups -OCH3 is 1. The Hall–Kier alpha value is -3.55. The largest absolute Gasteiger partial charge is 0.497 e. The number of carbonyl (C=O) groups excluding carboxylic acids is 3. The average Bonchev–Trinajstić information content (AvgIpc) is 3.28. The number of rotatable bonds is 8. The van der Waals surface area contributed by atoms with Crippen LogP contribution in [0, 0.1) is 0 Å². The first kappa shape index (κ1) is 22.1. The number of primary amides is 1. The van der Waals surface area contributed by atoms with Crippen molar-refractivity contribution < 1.29 is 23.9 Å². The molecule has 0 bridgehead atoms. The van der Waals surface area contributed by atoms with Gasteiger partial charge in [-0.25, -0.2) is 4.79 Å². The molecule has 8 heteroatoms. The van der Waals surface area contributed by atoms with Crippen molar-refractivity contribution in [3.8, 4) is 5.75 Å². The third-order valence-corrected chi connectivity index (χ3v) is 5.23. The lowest BCUT2D eigenvalue weighted by atomic mass is 10.0. The number of carbonyl (C=O) groups is 3. The van der Waals surface area contributed by atoms with Crippen LogP contribution in [0.4, 0.5) is 4.79 Å². The van der Waals surface area contributed by atoms with Gasteiger partial charge >= 0.3 is 6.09 Å². The smallest absolute Gasteiger partial charge is 0.410 e. The molecule has 1 saturated heterocycles. The molecule has 2 atom stereocenters. The Labute approximate surface area is 181 Å². The van der Waals surface area contributed by atoms with E-state index in [4.69, 9.17) is 15.2 Å². The molecule has 164 valence electrons. The van der Waals surface area contributed by atoms with Crippen molar-refractivity contribution >= 4 is 17.9 Å². The Bertz CT molecular complexity index is 918. The Kier molecular flexibility index (Phi) is 7.48. The van der Waals surface area contributed by atoms with Crippen LogP contribution >= 0.6 is 0 Å². The fraction of sp³-hybridized carbons (Fsp3) is 0.348. The van der Waals surface area contributed by atoms with E-state index in [2.05, 4.69) is 5.32 Å². The molecule has 0 aromatic heterocycles. The monoisotopic (exact) mass is 425 g/mol. The minimum absolute atomic E-state index is 0.129. The number of hydrogen-bond donors (Lipinski definition) is 2. The predicted octanol–water partition coefficient (Wildman–Crippen LogP) is 2.01. The molecule has 0 aliphatic carbocycles. The summed E-state index contributed by atoms with van der Waals surface area (Å²) in [5, 5.41) is 2.70. The Morgan fingerprint density at radius 3 is 2.58 bits per heavy atom. The van der Waals surface area contributed by atoms with Gasteiger partial charge in [-0.1, -0.05) is 42.5 Å². The molecule has 3 rings (SSSR count). The van der Waals surface area contributed by atoms with Crippen molar-refractivity contribution in [2.45, 2.75) is 38.0 Å². The van der Waals surface area contributed by atoms with Gasteiger partial charge in [0, 0.05) is 13.0 Å². The molecule has 3 amide bonds. The zero-order valence-corrected chi connectivity index (χ0v) is 17.5. The lowest BCUT2D eigenvalue weighted by molar-refractivity contribution is -0.130.